The fraction of sp³-hybridized carbons (Fsp3) is 0.375. The second-order valence-electron chi connectivity index (χ2n) is 10.6. The minimum absolute atomic E-state index is 0.0969. The zero-order valence-corrected chi connectivity index (χ0v) is 22.4. The Morgan fingerprint density at radius 3 is 2.26 bits per heavy atom. The molecule has 0 bridgehead atoms. The van der Waals surface area contributed by atoms with Crippen molar-refractivity contribution in [2.75, 3.05) is 19.5 Å². The van der Waals surface area contributed by atoms with Crippen LogP contribution >= 0.6 is 0 Å². The van der Waals surface area contributed by atoms with E-state index < -0.39 is 5.54 Å². The van der Waals surface area contributed by atoms with Crippen molar-refractivity contribution < 1.29 is 19.1 Å². The van der Waals surface area contributed by atoms with Crippen molar-refractivity contribution in [2.24, 2.45) is 11.8 Å². The van der Waals surface area contributed by atoms with Gasteiger partial charge < -0.3 is 19.7 Å². The summed E-state index contributed by atoms with van der Waals surface area (Å²) in [6.45, 7) is 1.96. The maximum atomic E-state index is 14.4. The number of hydrogen-bond acceptors (Lipinski definition) is 4. The molecule has 2 aliphatic carbocycles. The molecule has 1 N–H and O–H groups in total. The zero-order valence-electron chi connectivity index (χ0n) is 22.4. The lowest BCUT2D eigenvalue weighted by molar-refractivity contribution is -0.149. The number of nitrogens with one attached hydrogen (secondary N) is 1. The Morgan fingerprint density at radius 1 is 0.921 bits per heavy atom. The van der Waals surface area contributed by atoms with Crippen molar-refractivity contribution in [3.05, 3.63) is 89.5 Å². The molecule has 1 saturated carbocycles. The van der Waals surface area contributed by atoms with E-state index in [-0.39, 0.29) is 11.8 Å². The molecule has 198 valence electrons. The fourth-order valence-corrected chi connectivity index (χ4v) is 6.44. The summed E-state index contributed by atoms with van der Waals surface area (Å²) in [6.07, 6.45) is 4.10. The Morgan fingerprint density at radius 2 is 1.61 bits per heavy atom. The van der Waals surface area contributed by atoms with E-state index in [0.29, 0.717) is 48.4 Å². The normalized spacial score (nSPS) is 22.0. The lowest BCUT2D eigenvalue weighted by Crippen LogP contribution is -2.61. The van der Waals surface area contributed by atoms with E-state index in [1.54, 1.807) is 39.3 Å². The fourth-order valence-electron chi connectivity index (χ4n) is 6.44. The van der Waals surface area contributed by atoms with Crippen molar-refractivity contribution in [3.63, 3.8) is 0 Å². The van der Waals surface area contributed by atoms with Crippen molar-refractivity contribution in [1.29, 1.82) is 0 Å². The minimum Gasteiger partial charge on any atom is -0.497 e. The number of fused-ring (bicyclic) bond motifs is 2. The molecule has 2 amide bonds. The van der Waals surface area contributed by atoms with Crippen molar-refractivity contribution >= 4 is 17.5 Å². The van der Waals surface area contributed by atoms with Gasteiger partial charge in [0.25, 0.3) is 0 Å². The molecule has 3 aromatic carbocycles. The highest BCUT2D eigenvalue weighted by Gasteiger charge is 2.51. The number of rotatable bonds is 7. The number of methoxy groups -OCH3 is 2. The van der Waals surface area contributed by atoms with Crippen molar-refractivity contribution in [3.8, 4) is 11.5 Å². The molecule has 0 radical (unpaired) electrons. The van der Waals surface area contributed by atoms with Crippen LogP contribution in [0.5, 0.6) is 11.5 Å². The van der Waals surface area contributed by atoms with Crippen LogP contribution in [0.3, 0.4) is 0 Å². The summed E-state index contributed by atoms with van der Waals surface area (Å²) >= 11 is 0. The highest BCUT2D eigenvalue weighted by atomic mass is 16.5. The van der Waals surface area contributed by atoms with Crippen LogP contribution in [0.15, 0.2) is 72.8 Å². The number of nitrogens with zero attached hydrogens (tertiary/aromatic N) is 1. The Hall–Kier alpha value is -3.80. The summed E-state index contributed by atoms with van der Waals surface area (Å²) < 4.78 is 10.9. The van der Waals surface area contributed by atoms with Crippen LogP contribution in [0.25, 0.3) is 0 Å². The van der Waals surface area contributed by atoms with E-state index in [4.69, 9.17) is 9.47 Å². The number of carbonyl (C=O) groups excluding carboxylic acids is 2. The lowest BCUT2D eigenvalue weighted by Gasteiger charge is -2.50. The minimum atomic E-state index is -0.972. The molecule has 0 heterocycles. The molecule has 0 aromatic heterocycles. The van der Waals surface area contributed by atoms with E-state index >= 15 is 0 Å². The standard InChI is InChI=1S/C32H36N2O4/c1-22(35)34(21-23-9-5-4-6-10-23)32(31(36)33-29-14-13-28(37-2)19-30(29)38-3)16-15-26-17-24-11-7-8-12-25(24)18-27(26)20-32/h4-14,19,26-27H,15-18,20-21H2,1-3H3,(H,33,36)/t26-,27+,32+/m1/s1. The summed E-state index contributed by atoms with van der Waals surface area (Å²) in [5, 5.41) is 3.15. The van der Waals surface area contributed by atoms with Gasteiger partial charge in [-0.1, -0.05) is 54.6 Å². The first-order valence-electron chi connectivity index (χ1n) is 13.4. The van der Waals surface area contributed by atoms with Gasteiger partial charge in [0.1, 0.15) is 17.0 Å². The molecule has 0 spiro atoms. The number of ether oxygens (including phenoxy) is 2. The summed E-state index contributed by atoms with van der Waals surface area (Å²) in [5.41, 5.74) is 3.38. The molecule has 0 aliphatic heterocycles. The third kappa shape index (κ3) is 5.00. The number of hydrogen-bond donors (Lipinski definition) is 1. The first kappa shape index (κ1) is 25.8. The topological polar surface area (TPSA) is 67.9 Å². The number of anilines is 1. The average molecular weight is 513 g/mol. The molecule has 6 heteroatoms. The molecular weight excluding hydrogens is 476 g/mol. The van der Waals surface area contributed by atoms with E-state index in [2.05, 4.69) is 29.6 Å². The molecule has 0 unspecified atom stereocenters. The van der Waals surface area contributed by atoms with Crippen LogP contribution in [0, 0.1) is 11.8 Å². The van der Waals surface area contributed by atoms with E-state index in [1.165, 1.54) is 11.1 Å². The van der Waals surface area contributed by atoms with Gasteiger partial charge in [0.2, 0.25) is 11.8 Å². The summed E-state index contributed by atoms with van der Waals surface area (Å²) in [5.74, 6) is 1.73. The summed E-state index contributed by atoms with van der Waals surface area (Å²) in [6, 6.07) is 23.9. The Balaban J connectivity index is 1.52. The molecular formula is C32H36N2O4. The van der Waals surface area contributed by atoms with Crippen LogP contribution in [0.4, 0.5) is 5.69 Å². The second-order valence-corrected chi connectivity index (χ2v) is 10.6. The number of carbonyl (C=O) groups is 2. The van der Waals surface area contributed by atoms with Crippen LogP contribution in [0.1, 0.15) is 42.9 Å². The van der Waals surface area contributed by atoms with Gasteiger partial charge in [0, 0.05) is 19.5 Å². The monoisotopic (exact) mass is 512 g/mol. The SMILES string of the molecule is COc1ccc(NC(=O)[C@]2(N(Cc3ccccc3)C(C)=O)CC[C@@H]3Cc4ccccc4C[C@H]3C2)c(OC)c1. The van der Waals surface area contributed by atoms with Crippen molar-refractivity contribution in [1.82, 2.24) is 4.90 Å². The maximum Gasteiger partial charge on any atom is 0.250 e. The van der Waals surface area contributed by atoms with E-state index in [1.807, 2.05) is 35.2 Å². The molecule has 6 nitrogen and oxygen atoms in total. The zero-order chi connectivity index (χ0) is 26.7. The van der Waals surface area contributed by atoms with Crippen LogP contribution in [-0.4, -0.2) is 36.5 Å². The third-order valence-corrected chi connectivity index (χ3v) is 8.44. The number of amides is 2. The highest BCUT2D eigenvalue weighted by Crippen LogP contribution is 2.47. The average Bonchev–Trinajstić information content (AvgIpc) is 2.95. The van der Waals surface area contributed by atoms with Gasteiger partial charge in [0.05, 0.1) is 19.9 Å². The summed E-state index contributed by atoms with van der Waals surface area (Å²) in [7, 11) is 3.17. The Bertz CT molecular complexity index is 1310. The van der Waals surface area contributed by atoms with Gasteiger partial charge in [-0.15, -0.1) is 0 Å². The smallest absolute Gasteiger partial charge is 0.250 e. The molecule has 1 fully saturated rings. The van der Waals surface area contributed by atoms with Crippen molar-refractivity contribution in [2.45, 2.75) is 51.1 Å². The van der Waals surface area contributed by atoms with E-state index in [9.17, 15) is 9.59 Å². The van der Waals surface area contributed by atoms with Gasteiger partial charge >= 0.3 is 0 Å². The largest absolute Gasteiger partial charge is 0.497 e. The molecule has 38 heavy (non-hydrogen) atoms. The van der Waals surface area contributed by atoms with Crippen LogP contribution in [-0.2, 0) is 29.0 Å². The van der Waals surface area contributed by atoms with Crippen LogP contribution in [0.2, 0.25) is 0 Å². The van der Waals surface area contributed by atoms with E-state index in [0.717, 1.165) is 24.8 Å². The molecule has 3 aromatic rings. The van der Waals surface area contributed by atoms with Gasteiger partial charge in [-0.25, -0.2) is 0 Å². The van der Waals surface area contributed by atoms with Gasteiger partial charge in [0.15, 0.2) is 0 Å². The maximum absolute atomic E-state index is 14.4. The molecule has 3 atom stereocenters. The third-order valence-electron chi connectivity index (χ3n) is 8.44. The van der Waals surface area contributed by atoms with Crippen LogP contribution < -0.4 is 14.8 Å². The quantitative estimate of drug-likeness (QED) is 0.445. The van der Waals surface area contributed by atoms with Gasteiger partial charge in [-0.05, 0) is 72.8 Å². The second kappa shape index (κ2) is 10.9. The number of benzene rings is 3. The first-order valence-corrected chi connectivity index (χ1v) is 13.4. The summed E-state index contributed by atoms with van der Waals surface area (Å²) in [4.78, 5) is 29.5. The Labute approximate surface area is 225 Å². The Kier molecular flexibility index (Phi) is 7.41. The molecule has 0 saturated heterocycles. The molecule has 2 aliphatic rings. The molecule has 5 rings (SSSR count). The van der Waals surface area contributed by atoms with Gasteiger partial charge in [-0.2, -0.15) is 0 Å². The predicted octanol–water partition coefficient (Wildman–Crippen LogP) is 5.64. The highest BCUT2D eigenvalue weighted by molar-refractivity contribution is 6.01. The first-order chi connectivity index (χ1) is 18.4. The van der Waals surface area contributed by atoms with Gasteiger partial charge in [-0.3, -0.25) is 9.59 Å². The lowest BCUT2D eigenvalue weighted by atomic mass is 9.62. The predicted molar refractivity (Wildman–Crippen MR) is 148 cm³/mol.